The van der Waals surface area contributed by atoms with E-state index in [1.165, 1.54) is 6.39 Å². The topological polar surface area (TPSA) is 55.1 Å². The number of amides is 1. The van der Waals surface area contributed by atoms with Gasteiger partial charge in [0, 0.05) is 5.92 Å². The van der Waals surface area contributed by atoms with Crippen molar-refractivity contribution in [1.29, 1.82) is 0 Å². The molecule has 0 saturated heterocycles. The van der Waals surface area contributed by atoms with Crippen LogP contribution in [0.25, 0.3) is 0 Å². The number of hydrogen-bond acceptors (Lipinski definition) is 3. The molecule has 0 unspecified atom stereocenters. The van der Waals surface area contributed by atoms with Gasteiger partial charge in [-0.15, -0.1) is 0 Å². The molecule has 0 fully saturated rings. The zero-order valence-corrected chi connectivity index (χ0v) is 8.69. The molecule has 1 aliphatic rings. The molecule has 0 aliphatic heterocycles. The number of carbonyl (C=O) groups is 1. The van der Waals surface area contributed by atoms with E-state index >= 15 is 0 Å². The van der Waals surface area contributed by atoms with Crippen LogP contribution in [0.4, 0.5) is 0 Å². The molecule has 0 saturated carbocycles. The van der Waals surface area contributed by atoms with Crippen LogP contribution in [0.1, 0.15) is 24.3 Å². The number of aromatic nitrogens is 1. The fourth-order valence-electron chi connectivity index (χ4n) is 1.64. The Morgan fingerprint density at radius 1 is 1.60 bits per heavy atom. The lowest BCUT2D eigenvalue weighted by atomic mass is 10.1. The van der Waals surface area contributed by atoms with Crippen LogP contribution >= 0.6 is 0 Å². The number of nitrogens with one attached hydrogen (secondary N) is 1. The number of hydrogen-bond donors (Lipinski definition) is 1. The first kappa shape index (κ1) is 9.96. The monoisotopic (exact) mass is 206 g/mol. The summed E-state index contributed by atoms with van der Waals surface area (Å²) in [4.78, 5) is 15.7. The number of allylic oxidation sites excluding steroid dienone is 2. The minimum atomic E-state index is 0.0994. The lowest BCUT2D eigenvalue weighted by Crippen LogP contribution is -2.29. The predicted octanol–water partition coefficient (Wildman–Crippen LogP) is 1.57. The third-order valence-electron chi connectivity index (χ3n) is 2.65. The van der Waals surface area contributed by atoms with Gasteiger partial charge in [0.25, 0.3) is 0 Å². The number of rotatable bonds is 3. The van der Waals surface area contributed by atoms with Gasteiger partial charge in [-0.25, -0.2) is 4.98 Å². The smallest absolute Gasteiger partial charge is 0.224 e. The summed E-state index contributed by atoms with van der Waals surface area (Å²) < 4.78 is 5.05. The summed E-state index contributed by atoms with van der Waals surface area (Å²) in [6.07, 6.45) is 7.19. The molecule has 1 aromatic heterocycles. The Hall–Kier alpha value is -1.58. The van der Waals surface area contributed by atoms with Crippen molar-refractivity contribution in [2.75, 3.05) is 0 Å². The zero-order chi connectivity index (χ0) is 10.7. The number of nitrogens with zero attached hydrogens (tertiary/aromatic N) is 1. The van der Waals surface area contributed by atoms with Gasteiger partial charge in [-0.2, -0.15) is 0 Å². The number of oxazole rings is 1. The predicted molar refractivity (Wildman–Crippen MR) is 55.0 cm³/mol. The van der Waals surface area contributed by atoms with E-state index in [-0.39, 0.29) is 11.8 Å². The molecule has 0 aromatic carbocycles. The molecule has 4 nitrogen and oxygen atoms in total. The highest BCUT2D eigenvalue weighted by atomic mass is 16.3. The van der Waals surface area contributed by atoms with Crippen molar-refractivity contribution in [1.82, 2.24) is 10.3 Å². The van der Waals surface area contributed by atoms with Crippen LogP contribution in [-0.2, 0) is 11.3 Å². The minimum Gasteiger partial charge on any atom is -0.448 e. The molecule has 1 aromatic rings. The Morgan fingerprint density at radius 2 is 2.33 bits per heavy atom. The minimum absolute atomic E-state index is 0.0994. The Balaban J connectivity index is 1.83. The van der Waals surface area contributed by atoms with E-state index in [4.69, 9.17) is 4.42 Å². The maximum Gasteiger partial charge on any atom is 0.224 e. The van der Waals surface area contributed by atoms with Crippen LogP contribution in [-0.4, -0.2) is 10.9 Å². The quantitative estimate of drug-likeness (QED) is 0.764. The molecule has 1 aliphatic carbocycles. The summed E-state index contributed by atoms with van der Waals surface area (Å²) in [6, 6.07) is 0. The van der Waals surface area contributed by atoms with E-state index in [0.717, 1.165) is 24.3 Å². The molecule has 2 rings (SSSR count). The maximum atomic E-state index is 11.6. The molecule has 1 heterocycles. The molecule has 1 N–H and O–H groups in total. The van der Waals surface area contributed by atoms with Gasteiger partial charge in [-0.05, 0) is 19.8 Å². The van der Waals surface area contributed by atoms with Gasteiger partial charge in [-0.1, -0.05) is 12.2 Å². The van der Waals surface area contributed by atoms with Gasteiger partial charge in [0.2, 0.25) is 5.91 Å². The maximum absolute atomic E-state index is 11.6. The zero-order valence-electron chi connectivity index (χ0n) is 8.69. The summed E-state index contributed by atoms with van der Waals surface area (Å²) in [6.45, 7) is 2.29. The summed E-state index contributed by atoms with van der Waals surface area (Å²) >= 11 is 0. The lowest BCUT2D eigenvalue weighted by Gasteiger charge is -2.09. The second-order valence-electron chi connectivity index (χ2n) is 3.71. The Morgan fingerprint density at radius 3 is 2.93 bits per heavy atom. The van der Waals surface area contributed by atoms with Gasteiger partial charge < -0.3 is 9.73 Å². The van der Waals surface area contributed by atoms with E-state index in [2.05, 4.69) is 10.3 Å². The first-order valence-electron chi connectivity index (χ1n) is 5.09. The van der Waals surface area contributed by atoms with Crippen LogP contribution in [0.3, 0.4) is 0 Å². The SMILES string of the molecule is Cc1ocnc1CNC(=O)C1CC=CC1. The summed E-state index contributed by atoms with van der Waals surface area (Å²) in [5.41, 5.74) is 0.800. The van der Waals surface area contributed by atoms with Crippen LogP contribution < -0.4 is 5.32 Å². The normalized spacial score (nSPS) is 15.8. The lowest BCUT2D eigenvalue weighted by molar-refractivity contribution is -0.124. The van der Waals surface area contributed by atoms with E-state index in [1.807, 2.05) is 19.1 Å². The highest BCUT2D eigenvalue weighted by Gasteiger charge is 2.19. The van der Waals surface area contributed by atoms with Crippen molar-refractivity contribution in [3.05, 3.63) is 30.0 Å². The summed E-state index contributed by atoms with van der Waals surface area (Å²) in [5, 5.41) is 2.87. The largest absolute Gasteiger partial charge is 0.448 e. The van der Waals surface area contributed by atoms with Crippen LogP contribution in [0, 0.1) is 12.8 Å². The molecule has 0 spiro atoms. The molecule has 15 heavy (non-hydrogen) atoms. The van der Waals surface area contributed by atoms with E-state index in [1.54, 1.807) is 0 Å². The molecule has 1 amide bonds. The highest BCUT2D eigenvalue weighted by molar-refractivity contribution is 5.79. The van der Waals surface area contributed by atoms with Crippen molar-refractivity contribution in [3.63, 3.8) is 0 Å². The van der Waals surface area contributed by atoms with Gasteiger partial charge >= 0.3 is 0 Å². The molecule has 0 atom stereocenters. The second-order valence-corrected chi connectivity index (χ2v) is 3.71. The van der Waals surface area contributed by atoms with Gasteiger partial charge in [0.15, 0.2) is 6.39 Å². The third-order valence-corrected chi connectivity index (χ3v) is 2.65. The molecule has 4 heteroatoms. The Labute approximate surface area is 88.4 Å². The second kappa shape index (κ2) is 4.29. The molecule has 80 valence electrons. The number of aryl methyl sites for hydroxylation is 1. The van der Waals surface area contributed by atoms with E-state index in [9.17, 15) is 4.79 Å². The van der Waals surface area contributed by atoms with E-state index < -0.39 is 0 Å². The highest BCUT2D eigenvalue weighted by Crippen LogP contribution is 2.17. The average Bonchev–Trinajstić information content (AvgIpc) is 2.85. The van der Waals surface area contributed by atoms with Crippen molar-refractivity contribution in [3.8, 4) is 0 Å². The van der Waals surface area contributed by atoms with Crippen molar-refractivity contribution >= 4 is 5.91 Å². The summed E-state index contributed by atoms with van der Waals surface area (Å²) in [5.74, 6) is 0.972. The molecule has 0 bridgehead atoms. The number of carbonyl (C=O) groups excluding carboxylic acids is 1. The summed E-state index contributed by atoms with van der Waals surface area (Å²) in [7, 11) is 0. The third kappa shape index (κ3) is 2.26. The van der Waals surface area contributed by atoms with Gasteiger partial charge in [-0.3, -0.25) is 4.79 Å². The van der Waals surface area contributed by atoms with Crippen LogP contribution in [0.2, 0.25) is 0 Å². The van der Waals surface area contributed by atoms with Crippen molar-refractivity contribution in [2.45, 2.75) is 26.3 Å². The Bertz CT molecular complexity index is 374. The van der Waals surface area contributed by atoms with E-state index in [0.29, 0.717) is 6.54 Å². The average molecular weight is 206 g/mol. The Kier molecular flexibility index (Phi) is 2.85. The first-order valence-corrected chi connectivity index (χ1v) is 5.09. The first-order chi connectivity index (χ1) is 7.27. The fraction of sp³-hybridized carbons (Fsp3) is 0.455. The van der Waals surface area contributed by atoms with Crippen LogP contribution in [0.15, 0.2) is 23.0 Å². The van der Waals surface area contributed by atoms with Crippen molar-refractivity contribution < 1.29 is 9.21 Å². The standard InChI is InChI=1S/C11H14N2O2/c1-8-10(13-7-15-8)6-12-11(14)9-4-2-3-5-9/h2-3,7,9H,4-6H2,1H3,(H,12,14). The molecular formula is C11H14N2O2. The van der Waals surface area contributed by atoms with Gasteiger partial charge in [0.05, 0.1) is 6.54 Å². The molecule has 0 radical (unpaired) electrons. The fourth-order valence-corrected chi connectivity index (χ4v) is 1.64. The van der Waals surface area contributed by atoms with Crippen molar-refractivity contribution in [2.24, 2.45) is 5.92 Å². The molecular weight excluding hydrogens is 192 g/mol. The van der Waals surface area contributed by atoms with Gasteiger partial charge in [0.1, 0.15) is 11.5 Å². The van der Waals surface area contributed by atoms with Crippen LogP contribution in [0.5, 0.6) is 0 Å².